The number of ether oxygens (including phenoxy) is 2. The maximum atomic E-state index is 13.3. The normalized spacial score (nSPS) is 10.3. The van der Waals surface area contributed by atoms with E-state index in [4.69, 9.17) is 9.47 Å². The van der Waals surface area contributed by atoms with Crippen LogP contribution in [0.5, 0.6) is 11.5 Å². The lowest BCUT2D eigenvalue weighted by Crippen LogP contribution is -2.14. The molecule has 28 heavy (non-hydrogen) atoms. The minimum atomic E-state index is -0.967. The molecule has 0 unspecified atom stereocenters. The monoisotopic (exact) mass is 385 g/mol. The predicted octanol–water partition coefficient (Wildman–Crippen LogP) is 4.37. The summed E-state index contributed by atoms with van der Waals surface area (Å²) in [5.41, 5.74) is 1.49. The lowest BCUT2D eigenvalue weighted by atomic mass is 10.2. The number of halogens is 2. The molecule has 2 N–H and O–H groups in total. The van der Waals surface area contributed by atoms with E-state index in [0.717, 1.165) is 12.1 Å². The molecule has 0 atom stereocenters. The highest BCUT2D eigenvalue weighted by atomic mass is 19.2. The molecule has 1 amide bonds. The molecular formula is C20H17F2N3O3. The minimum Gasteiger partial charge on any atom is -0.493 e. The molecule has 1 heterocycles. The van der Waals surface area contributed by atoms with Crippen LogP contribution in [0.15, 0.2) is 54.7 Å². The van der Waals surface area contributed by atoms with Gasteiger partial charge in [-0.15, -0.1) is 0 Å². The van der Waals surface area contributed by atoms with Crippen molar-refractivity contribution in [2.24, 2.45) is 0 Å². The van der Waals surface area contributed by atoms with Crippen molar-refractivity contribution in [2.75, 3.05) is 24.9 Å². The summed E-state index contributed by atoms with van der Waals surface area (Å²) >= 11 is 0. The first kappa shape index (κ1) is 19.1. The van der Waals surface area contributed by atoms with Crippen molar-refractivity contribution in [3.05, 3.63) is 72.1 Å². The Morgan fingerprint density at radius 1 is 0.857 bits per heavy atom. The standard InChI is InChI=1S/C20H17F2N3O3/c1-27-18-6-4-13(11-19(18)28-2)25-20(26)17-10-14(7-8-23-17)24-12-3-5-15(21)16(22)9-12/h3-11H,1-2H3,(H,23,24)(H,25,26). The largest absolute Gasteiger partial charge is 0.493 e. The number of nitrogens with zero attached hydrogens (tertiary/aromatic N) is 1. The quantitative estimate of drug-likeness (QED) is 0.659. The first-order chi connectivity index (χ1) is 13.5. The zero-order valence-electron chi connectivity index (χ0n) is 15.1. The van der Waals surface area contributed by atoms with Crippen LogP contribution < -0.4 is 20.1 Å². The number of amides is 1. The fourth-order valence-corrected chi connectivity index (χ4v) is 2.48. The van der Waals surface area contributed by atoms with Crippen LogP contribution in [-0.2, 0) is 0 Å². The van der Waals surface area contributed by atoms with E-state index in [9.17, 15) is 13.6 Å². The third-order valence-corrected chi connectivity index (χ3v) is 3.84. The van der Waals surface area contributed by atoms with Gasteiger partial charge in [0.25, 0.3) is 5.91 Å². The van der Waals surface area contributed by atoms with Crippen molar-refractivity contribution in [3.8, 4) is 11.5 Å². The smallest absolute Gasteiger partial charge is 0.274 e. The van der Waals surface area contributed by atoms with E-state index >= 15 is 0 Å². The van der Waals surface area contributed by atoms with Crippen molar-refractivity contribution in [2.45, 2.75) is 0 Å². The molecule has 2 aromatic carbocycles. The zero-order chi connectivity index (χ0) is 20.1. The summed E-state index contributed by atoms with van der Waals surface area (Å²) in [5, 5.41) is 5.62. The van der Waals surface area contributed by atoms with Gasteiger partial charge in [-0.3, -0.25) is 9.78 Å². The van der Waals surface area contributed by atoms with Crippen molar-refractivity contribution < 1.29 is 23.0 Å². The SMILES string of the molecule is COc1ccc(NC(=O)c2cc(Nc3ccc(F)c(F)c3)ccn2)cc1OC. The van der Waals surface area contributed by atoms with Crippen molar-refractivity contribution in [1.29, 1.82) is 0 Å². The number of carbonyl (C=O) groups is 1. The molecule has 6 nitrogen and oxygen atoms in total. The molecule has 0 fully saturated rings. The van der Waals surface area contributed by atoms with Crippen LogP contribution in [0, 0.1) is 11.6 Å². The molecule has 0 spiro atoms. The zero-order valence-corrected chi connectivity index (χ0v) is 15.1. The average Bonchev–Trinajstić information content (AvgIpc) is 2.71. The summed E-state index contributed by atoms with van der Waals surface area (Å²) in [6, 6.07) is 11.5. The van der Waals surface area contributed by atoms with Crippen LogP contribution in [0.3, 0.4) is 0 Å². The number of aromatic nitrogens is 1. The number of methoxy groups -OCH3 is 2. The van der Waals surface area contributed by atoms with E-state index in [0.29, 0.717) is 28.6 Å². The van der Waals surface area contributed by atoms with Gasteiger partial charge in [-0.25, -0.2) is 8.78 Å². The highest BCUT2D eigenvalue weighted by Crippen LogP contribution is 2.30. The van der Waals surface area contributed by atoms with E-state index in [1.807, 2.05) is 0 Å². The summed E-state index contributed by atoms with van der Waals surface area (Å²) in [6.07, 6.45) is 1.44. The number of carbonyl (C=O) groups excluding carboxylic acids is 1. The predicted molar refractivity (Wildman–Crippen MR) is 101 cm³/mol. The van der Waals surface area contributed by atoms with Crippen LogP contribution in [0.2, 0.25) is 0 Å². The van der Waals surface area contributed by atoms with Gasteiger partial charge < -0.3 is 20.1 Å². The summed E-state index contributed by atoms with van der Waals surface area (Å²) in [6.45, 7) is 0. The number of anilines is 3. The summed E-state index contributed by atoms with van der Waals surface area (Å²) in [5.74, 6) is -1.33. The first-order valence-corrected chi connectivity index (χ1v) is 8.21. The summed E-state index contributed by atoms with van der Waals surface area (Å²) in [4.78, 5) is 16.5. The Balaban J connectivity index is 1.76. The van der Waals surface area contributed by atoms with Gasteiger partial charge in [0.2, 0.25) is 0 Å². The van der Waals surface area contributed by atoms with Crippen LogP contribution in [0.25, 0.3) is 0 Å². The molecule has 144 valence electrons. The van der Waals surface area contributed by atoms with E-state index in [1.54, 1.807) is 24.3 Å². The summed E-state index contributed by atoms with van der Waals surface area (Å²) in [7, 11) is 3.02. The third kappa shape index (κ3) is 4.35. The Morgan fingerprint density at radius 2 is 1.57 bits per heavy atom. The van der Waals surface area contributed by atoms with Gasteiger partial charge in [-0.1, -0.05) is 0 Å². The number of hydrogen-bond acceptors (Lipinski definition) is 5. The van der Waals surface area contributed by atoms with Crippen LogP contribution in [0.1, 0.15) is 10.5 Å². The molecule has 0 aliphatic heterocycles. The van der Waals surface area contributed by atoms with Gasteiger partial charge in [0.15, 0.2) is 23.1 Å². The number of pyridine rings is 1. The molecule has 0 saturated heterocycles. The molecule has 0 aliphatic rings. The van der Waals surface area contributed by atoms with E-state index in [-0.39, 0.29) is 5.69 Å². The fourth-order valence-electron chi connectivity index (χ4n) is 2.48. The van der Waals surface area contributed by atoms with Crippen LogP contribution in [-0.4, -0.2) is 25.1 Å². The number of nitrogens with one attached hydrogen (secondary N) is 2. The Kier molecular flexibility index (Phi) is 5.69. The highest BCUT2D eigenvalue weighted by Gasteiger charge is 2.11. The van der Waals surface area contributed by atoms with Gasteiger partial charge in [-0.05, 0) is 36.4 Å². The number of rotatable bonds is 6. The van der Waals surface area contributed by atoms with Gasteiger partial charge in [-0.2, -0.15) is 0 Å². The second-order valence-electron chi connectivity index (χ2n) is 5.71. The maximum Gasteiger partial charge on any atom is 0.274 e. The lowest BCUT2D eigenvalue weighted by molar-refractivity contribution is 0.102. The fraction of sp³-hybridized carbons (Fsp3) is 0.100. The minimum absolute atomic E-state index is 0.141. The van der Waals surface area contributed by atoms with Gasteiger partial charge in [0, 0.05) is 35.4 Å². The second-order valence-corrected chi connectivity index (χ2v) is 5.71. The van der Waals surface area contributed by atoms with E-state index in [2.05, 4.69) is 15.6 Å². The highest BCUT2D eigenvalue weighted by molar-refractivity contribution is 6.03. The molecular weight excluding hydrogens is 368 g/mol. The summed E-state index contributed by atoms with van der Waals surface area (Å²) < 4.78 is 36.7. The van der Waals surface area contributed by atoms with Gasteiger partial charge >= 0.3 is 0 Å². The Hall–Kier alpha value is -3.68. The molecule has 8 heteroatoms. The molecule has 0 bridgehead atoms. The molecule has 1 aromatic heterocycles. The van der Waals surface area contributed by atoms with E-state index < -0.39 is 17.5 Å². The lowest BCUT2D eigenvalue weighted by Gasteiger charge is -2.11. The molecule has 0 saturated carbocycles. The molecule has 0 radical (unpaired) electrons. The molecule has 3 aromatic rings. The number of benzene rings is 2. The van der Waals surface area contributed by atoms with Crippen molar-refractivity contribution in [1.82, 2.24) is 4.98 Å². The first-order valence-electron chi connectivity index (χ1n) is 8.21. The number of hydrogen-bond donors (Lipinski definition) is 2. The Morgan fingerprint density at radius 3 is 2.29 bits per heavy atom. The molecule has 3 rings (SSSR count). The topological polar surface area (TPSA) is 72.5 Å². The van der Waals surface area contributed by atoms with E-state index in [1.165, 1.54) is 32.5 Å². The van der Waals surface area contributed by atoms with Crippen LogP contribution in [0.4, 0.5) is 25.8 Å². The maximum absolute atomic E-state index is 13.3. The Labute approximate surface area is 160 Å². The second kappa shape index (κ2) is 8.34. The van der Waals surface area contributed by atoms with Crippen molar-refractivity contribution in [3.63, 3.8) is 0 Å². The average molecular weight is 385 g/mol. The van der Waals surface area contributed by atoms with Crippen LogP contribution >= 0.6 is 0 Å². The van der Waals surface area contributed by atoms with Gasteiger partial charge in [0.05, 0.1) is 14.2 Å². The van der Waals surface area contributed by atoms with Crippen molar-refractivity contribution >= 4 is 23.0 Å². The Bertz CT molecular complexity index is 1010. The van der Waals surface area contributed by atoms with Gasteiger partial charge in [0.1, 0.15) is 5.69 Å². The molecule has 0 aliphatic carbocycles. The third-order valence-electron chi connectivity index (χ3n) is 3.84.